The molecule has 0 radical (unpaired) electrons. The summed E-state index contributed by atoms with van der Waals surface area (Å²) < 4.78 is 0. The summed E-state index contributed by atoms with van der Waals surface area (Å²) in [7, 11) is 0. The lowest BCUT2D eigenvalue weighted by Gasteiger charge is -2.29. The number of hydrogen-bond donors (Lipinski definition) is 3. The highest BCUT2D eigenvalue weighted by atomic mass is 16.4. The Hall–Kier alpha value is -3.02. The monoisotopic (exact) mass is 341 g/mol. The van der Waals surface area contributed by atoms with Gasteiger partial charge in [-0.3, -0.25) is 4.79 Å². The van der Waals surface area contributed by atoms with Crippen LogP contribution in [0, 0.1) is 0 Å². The highest BCUT2D eigenvalue weighted by molar-refractivity contribution is 5.94. The van der Waals surface area contributed by atoms with E-state index in [4.69, 9.17) is 11.5 Å². The Labute approximate surface area is 147 Å². The predicted octanol–water partition coefficient (Wildman–Crippen LogP) is 2.28. The molecule has 5 N–H and O–H groups in total. The van der Waals surface area contributed by atoms with Gasteiger partial charge < -0.3 is 21.5 Å². The minimum absolute atomic E-state index is 0.360. The van der Waals surface area contributed by atoms with Gasteiger partial charge in [-0.05, 0) is 55.7 Å². The predicted molar refractivity (Wildman–Crippen MR) is 98.6 cm³/mol. The largest absolute Gasteiger partial charge is 0.480 e. The third-order valence-electron chi connectivity index (χ3n) is 4.13. The molecule has 0 saturated carbocycles. The minimum Gasteiger partial charge on any atom is -0.480 e. The molecular formula is C19H23N3O3. The summed E-state index contributed by atoms with van der Waals surface area (Å²) in [6.07, 6.45) is 1.57. The fraction of sp³-hybridized carbons (Fsp3) is 0.263. The molecule has 0 saturated heterocycles. The van der Waals surface area contributed by atoms with E-state index >= 15 is 0 Å². The van der Waals surface area contributed by atoms with Gasteiger partial charge in [-0.2, -0.15) is 0 Å². The van der Waals surface area contributed by atoms with Crippen molar-refractivity contribution in [1.82, 2.24) is 0 Å². The van der Waals surface area contributed by atoms with E-state index in [1.807, 2.05) is 24.3 Å². The number of aryl methyl sites for hydroxylation is 1. The van der Waals surface area contributed by atoms with E-state index in [0.29, 0.717) is 23.5 Å². The molecule has 0 aliphatic rings. The van der Waals surface area contributed by atoms with Crippen molar-refractivity contribution in [3.8, 4) is 0 Å². The maximum absolute atomic E-state index is 11.5. The molecule has 2 aromatic carbocycles. The van der Waals surface area contributed by atoms with Crippen LogP contribution in [-0.4, -0.2) is 29.6 Å². The zero-order valence-corrected chi connectivity index (χ0v) is 14.2. The maximum atomic E-state index is 11.5. The van der Waals surface area contributed by atoms with Crippen LogP contribution < -0.4 is 16.4 Å². The maximum Gasteiger partial charge on any atom is 0.326 e. The van der Waals surface area contributed by atoms with Gasteiger partial charge in [0.1, 0.15) is 6.04 Å². The van der Waals surface area contributed by atoms with Crippen LogP contribution in [0.1, 0.15) is 29.3 Å². The number of benzene rings is 2. The number of amides is 1. The Morgan fingerprint density at radius 1 is 1.16 bits per heavy atom. The molecule has 25 heavy (non-hydrogen) atoms. The number of carbonyl (C=O) groups excluding carboxylic acids is 1. The van der Waals surface area contributed by atoms with E-state index < -0.39 is 17.9 Å². The smallest absolute Gasteiger partial charge is 0.326 e. The first-order valence-corrected chi connectivity index (χ1v) is 8.12. The van der Waals surface area contributed by atoms with Crippen molar-refractivity contribution in [1.29, 1.82) is 0 Å². The molecule has 6 heteroatoms. The zero-order valence-electron chi connectivity index (χ0n) is 14.2. The fourth-order valence-corrected chi connectivity index (χ4v) is 2.66. The van der Waals surface area contributed by atoms with Gasteiger partial charge in [-0.15, -0.1) is 0 Å². The van der Waals surface area contributed by atoms with Gasteiger partial charge in [0, 0.05) is 23.5 Å². The average molecular weight is 341 g/mol. The minimum atomic E-state index is -0.919. The summed E-state index contributed by atoms with van der Waals surface area (Å²) in [5.74, 6) is -1.45. The SMILES string of the molecule is CC(C(=O)O)N(CCCc1ccc(N)cc1)c1cccc(C(N)=O)c1. The molecule has 0 bridgehead atoms. The van der Waals surface area contributed by atoms with Crippen LogP contribution in [0.4, 0.5) is 11.4 Å². The van der Waals surface area contributed by atoms with E-state index in [0.717, 1.165) is 18.4 Å². The lowest BCUT2D eigenvalue weighted by Crippen LogP contribution is -2.40. The first-order valence-electron chi connectivity index (χ1n) is 8.12. The number of hydrogen-bond acceptors (Lipinski definition) is 4. The summed E-state index contributed by atoms with van der Waals surface area (Å²) in [6.45, 7) is 2.17. The summed E-state index contributed by atoms with van der Waals surface area (Å²) >= 11 is 0. The van der Waals surface area contributed by atoms with Crippen molar-refractivity contribution < 1.29 is 14.7 Å². The molecule has 1 unspecified atom stereocenters. The lowest BCUT2D eigenvalue weighted by atomic mass is 10.1. The molecule has 0 heterocycles. The van der Waals surface area contributed by atoms with Gasteiger partial charge in [0.05, 0.1) is 0 Å². The van der Waals surface area contributed by atoms with Crippen molar-refractivity contribution >= 4 is 23.3 Å². The van der Waals surface area contributed by atoms with Crippen LogP contribution >= 0.6 is 0 Å². The second-order valence-corrected chi connectivity index (χ2v) is 5.97. The number of carbonyl (C=O) groups is 2. The fourth-order valence-electron chi connectivity index (χ4n) is 2.66. The van der Waals surface area contributed by atoms with Crippen molar-refractivity contribution in [2.24, 2.45) is 5.73 Å². The van der Waals surface area contributed by atoms with Crippen LogP contribution in [0.3, 0.4) is 0 Å². The summed E-state index contributed by atoms with van der Waals surface area (Å²) in [6, 6.07) is 13.7. The first-order chi connectivity index (χ1) is 11.9. The highest BCUT2D eigenvalue weighted by Crippen LogP contribution is 2.20. The molecule has 1 atom stereocenters. The van der Waals surface area contributed by atoms with Gasteiger partial charge >= 0.3 is 5.97 Å². The van der Waals surface area contributed by atoms with Crippen LogP contribution in [0.25, 0.3) is 0 Å². The van der Waals surface area contributed by atoms with Gasteiger partial charge in [0.15, 0.2) is 0 Å². The second-order valence-electron chi connectivity index (χ2n) is 5.97. The number of carboxylic acid groups (broad SMARTS) is 1. The number of anilines is 2. The van der Waals surface area contributed by atoms with Crippen molar-refractivity contribution in [3.63, 3.8) is 0 Å². The highest BCUT2D eigenvalue weighted by Gasteiger charge is 2.21. The standard InChI is InChI=1S/C19H23N3O3/c1-13(19(24)25)22(17-6-2-5-15(12-17)18(21)23)11-3-4-14-7-9-16(20)10-8-14/h2,5-10,12-13H,3-4,11,20H2,1H3,(H2,21,23)(H,24,25). The van der Waals surface area contributed by atoms with Crippen molar-refractivity contribution in [3.05, 3.63) is 59.7 Å². The summed E-state index contributed by atoms with van der Waals surface area (Å²) in [5.41, 5.74) is 13.9. The number of nitrogens with zero attached hydrogens (tertiary/aromatic N) is 1. The normalized spacial score (nSPS) is 11.7. The van der Waals surface area contributed by atoms with E-state index in [2.05, 4.69) is 0 Å². The Morgan fingerprint density at radius 3 is 2.44 bits per heavy atom. The number of carboxylic acids is 1. The Bertz CT molecular complexity index is 744. The number of nitrogens with two attached hydrogens (primary N) is 2. The molecule has 2 aromatic rings. The van der Waals surface area contributed by atoms with Gasteiger partial charge in [0.2, 0.25) is 5.91 Å². The van der Waals surface area contributed by atoms with Crippen LogP contribution in [0.15, 0.2) is 48.5 Å². The molecule has 0 aliphatic heterocycles. The molecule has 0 aromatic heterocycles. The average Bonchev–Trinajstić information content (AvgIpc) is 2.59. The molecule has 0 spiro atoms. The molecule has 0 aliphatic carbocycles. The van der Waals surface area contributed by atoms with Crippen LogP contribution in [0.5, 0.6) is 0 Å². The number of aliphatic carboxylic acids is 1. The molecule has 2 rings (SSSR count). The molecular weight excluding hydrogens is 318 g/mol. The topological polar surface area (TPSA) is 110 Å². The quantitative estimate of drug-likeness (QED) is 0.638. The van der Waals surface area contributed by atoms with Crippen LogP contribution in [0.2, 0.25) is 0 Å². The first kappa shape index (κ1) is 18.3. The van der Waals surface area contributed by atoms with Crippen LogP contribution in [-0.2, 0) is 11.2 Å². The van der Waals surface area contributed by atoms with E-state index in [-0.39, 0.29) is 0 Å². The molecule has 132 valence electrons. The van der Waals surface area contributed by atoms with Crippen molar-refractivity contribution in [2.45, 2.75) is 25.8 Å². The van der Waals surface area contributed by atoms with Gasteiger partial charge in [-0.1, -0.05) is 18.2 Å². The third-order valence-corrected chi connectivity index (χ3v) is 4.13. The van der Waals surface area contributed by atoms with Gasteiger partial charge in [-0.25, -0.2) is 4.79 Å². The number of primary amides is 1. The molecule has 1 amide bonds. The Balaban J connectivity index is 2.13. The van der Waals surface area contributed by atoms with Crippen molar-refractivity contribution in [2.75, 3.05) is 17.2 Å². The van der Waals surface area contributed by atoms with Gasteiger partial charge in [0.25, 0.3) is 0 Å². The Morgan fingerprint density at radius 2 is 1.84 bits per heavy atom. The zero-order chi connectivity index (χ0) is 18.4. The molecule has 0 fully saturated rings. The van der Waals surface area contributed by atoms with E-state index in [1.54, 1.807) is 36.1 Å². The summed E-state index contributed by atoms with van der Waals surface area (Å²) in [4.78, 5) is 24.6. The third kappa shape index (κ3) is 4.97. The number of rotatable bonds is 8. The number of nitrogen functional groups attached to an aromatic ring is 1. The lowest BCUT2D eigenvalue weighted by molar-refractivity contribution is -0.138. The van der Waals surface area contributed by atoms with E-state index in [1.165, 1.54) is 0 Å². The summed E-state index contributed by atoms with van der Waals surface area (Å²) in [5, 5.41) is 9.39. The Kier molecular flexibility index (Phi) is 6.00. The van der Waals surface area contributed by atoms with E-state index in [9.17, 15) is 14.7 Å². The second kappa shape index (κ2) is 8.19. The molecule has 6 nitrogen and oxygen atoms in total.